The fraction of sp³-hybridized carbons (Fsp3) is 0.286. The number of methoxy groups -OCH3 is 5. The average molecular weight is 603 g/mol. The van der Waals surface area contributed by atoms with Crippen LogP contribution < -0.4 is 0 Å². The molecule has 0 saturated carbocycles. The van der Waals surface area contributed by atoms with Crippen molar-refractivity contribution in [3.63, 3.8) is 0 Å². The second-order valence-corrected chi connectivity index (χ2v) is 7.79. The van der Waals surface area contributed by atoms with E-state index in [0.29, 0.717) is 0 Å². The van der Waals surface area contributed by atoms with Crippen molar-refractivity contribution >= 4 is 63.7 Å². The number of carbonyl (C=O) groups is 5. The first-order chi connectivity index (χ1) is 16.5. The molecule has 1 aliphatic carbocycles. The van der Waals surface area contributed by atoms with E-state index in [4.69, 9.17) is 23.7 Å². The van der Waals surface area contributed by atoms with E-state index in [1.54, 1.807) is 22.6 Å². The van der Waals surface area contributed by atoms with Crippen molar-refractivity contribution in [1.29, 1.82) is 0 Å². The van der Waals surface area contributed by atoms with Gasteiger partial charge in [0.05, 0.1) is 57.2 Å². The van der Waals surface area contributed by atoms with Crippen molar-refractivity contribution in [2.45, 2.75) is 0 Å². The fourth-order valence-corrected chi connectivity index (χ4v) is 4.43. The zero-order chi connectivity index (χ0) is 26.7. The number of rotatable bonds is 7. The molecule has 0 atom stereocenters. The van der Waals surface area contributed by atoms with E-state index in [2.05, 4.69) is 0 Å². The van der Waals surface area contributed by atoms with Gasteiger partial charge in [0.15, 0.2) is 0 Å². The average Bonchev–Trinajstić information content (AvgIpc) is 3.18. The number of nitrogens with zero attached hydrogens (tertiary/aromatic N) is 1. The quantitative estimate of drug-likeness (QED) is 0.109. The molecule has 0 N–H and O–H groups in total. The Hall–Kier alpha value is -3.82. The molecule has 35 heavy (non-hydrogen) atoms. The Bertz CT molecular complexity index is 1200. The van der Waals surface area contributed by atoms with Crippen LogP contribution in [0.1, 0.15) is 5.56 Å². The molecule has 2 rings (SSSR count). The molecule has 14 heteroatoms. The predicted molar refractivity (Wildman–Crippen MR) is 122 cm³/mol. The molecule has 1 aliphatic rings. The molecule has 186 valence electrons. The lowest BCUT2D eigenvalue weighted by molar-refractivity contribution is -0.384. The minimum atomic E-state index is -2.95. The Balaban J connectivity index is 3.30. The lowest BCUT2D eigenvalue weighted by atomic mass is 9.75. The third kappa shape index (κ3) is 4.24. The number of non-ortho nitro benzene ring substituents is 1. The van der Waals surface area contributed by atoms with Gasteiger partial charge in [-0.3, -0.25) is 19.7 Å². The van der Waals surface area contributed by atoms with Crippen LogP contribution in [0.2, 0.25) is 0 Å². The number of nitro groups is 1. The monoisotopic (exact) mass is 603 g/mol. The van der Waals surface area contributed by atoms with Crippen LogP contribution >= 0.6 is 22.6 Å². The number of nitro benzene ring substituents is 1. The summed E-state index contributed by atoms with van der Waals surface area (Å²) < 4.78 is 24.0. The molecule has 0 fully saturated rings. The van der Waals surface area contributed by atoms with Crippen LogP contribution in [0.3, 0.4) is 0 Å². The van der Waals surface area contributed by atoms with Gasteiger partial charge in [-0.25, -0.2) is 14.4 Å². The summed E-state index contributed by atoms with van der Waals surface area (Å²) in [5, 5.41) is 11.2. The summed E-state index contributed by atoms with van der Waals surface area (Å²) in [6, 6.07) is 3.34. The van der Waals surface area contributed by atoms with Gasteiger partial charge in [0.2, 0.25) is 5.41 Å². The van der Waals surface area contributed by atoms with Crippen molar-refractivity contribution in [1.82, 2.24) is 0 Å². The van der Waals surface area contributed by atoms with Crippen LogP contribution in [0.5, 0.6) is 0 Å². The molecule has 1 aromatic carbocycles. The van der Waals surface area contributed by atoms with E-state index >= 15 is 0 Å². The molecule has 13 nitrogen and oxygen atoms in total. The van der Waals surface area contributed by atoms with Gasteiger partial charge in [0.25, 0.3) is 5.69 Å². The molecule has 0 unspecified atom stereocenters. The van der Waals surface area contributed by atoms with Gasteiger partial charge in [-0.2, -0.15) is 0 Å². The maximum absolute atomic E-state index is 13.2. The zero-order valence-corrected chi connectivity index (χ0v) is 21.1. The van der Waals surface area contributed by atoms with Crippen molar-refractivity contribution < 1.29 is 52.6 Å². The summed E-state index contributed by atoms with van der Waals surface area (Å²) in [4.78, 5) is 76.0. The van der Waals surface area contributed by atoms with Gasteiger partial charge >= 0.3 is 29.8 Å². The topological polar surface area (TPSA) is 175 Å². The second kappa shape index (κ2) is 10.6. The molecule has 0 spiro atoms. The number of hydrogen-bond donors (Lipinski definition) is 0. The molecular weight excluding hydrogens is 585 g/mol. The number of hydrogen-bond acceptors (Lipinski definition) is 12. The lowest BCUT2D eigenvalue weighted by Gasteiger charge is -2.27. The maximum Gasteiger partial charge on any atom is 0.339 e. The second-order valence-electron chi connectivity index (χ2n) is 6.63. The van der Waals surface area contributed by atoms with Crippen LogP contribution in [-0.4, -0.2) is 70.3 Å². The van der Waals surface area contributed by atoms with E-state index in [1.165, 1.54) is 6.07 Å². The van der Waals surface area contributed by atoms with Crippen LogP contribution in [-0.2, 0) is 47.7 Å². The number of ether oxygens (including phenoxy) is 5. The predicted octanol–water partition coefficient (Wildman–Crippen LogP) is 1.11. The summed E-state index contributed by atoms with van der Waals surface area (Å²) in [7, 11) is 4.55. The molecule has 0 bridgehead atoms. The first kappa shape index (κ1) is 27.4. The number of benzene rings is 1. The molecular formula is C21H18INO12. The highest BCUT2D eigenvalue weighted by Gasteiger charge is 2.66. The third-order valence-corrected chi connectivity index (χ3v) is 5.98. The maximum atomic E-state index is 13.2. The van der Waals surface area contributed by atoms with Crippen molar-refractivity contribution in [3.05, 3.63) is 54.2 Å². The molecule has 0 aliphatic heterocycles. The van der Waals surface area contributed by atoms with Crippen LogP contribution in [0.15, 0.2) is 34.9 Å². The van der Waals surface area contributed by atoms with Crippen molar-refractivity contribution in [3.8, 4) is 0 Å². The summed E-state index contributed by atoms with van der Waals surface area (Å²) >= 11 is 1.68. The molecule has 0 saturated heterocycles. The van der Waals surface area contributed by atoms with Crippen LogP contribution in [0.25, 0.3) is 5.57 Å². The van der Waals surface area contributed by atoms with E-state index in [-0.39, 0.29) is 14.8 Å². The third-order valence-electron chi connectivity index (χ3n) is 5.08. The highest BCUT2D eigenvalue weighted by atomic mass is 127. The Morgan fingerprint density at radius 2 is 1.29 bits per heavy atom. The van der Waals surface area contributed by atoms with E-state index in [9.17, 15) is 34.1 Å². The van der Waals surface area contributed by atoms with Crippen LogP contribution in [0.4, 0.5) is 5.69 Å². The van der Waals surface area contributed by atoms with E-state index in [1.807, 2.05) is 0 Å². The van der Waals surface area contributed by atoms with Gasteiger partial charge in [-0.05, 0) is 34.2 Å². The summed E-state index contributed by atoms with van der Waals surface area (Å²) in [5.41, 5.74) is -6.15. The largest absolute Gasteiger partial charge is 0.468 e. The van der Waals surface area contributed by atoms with Gasteiger partial charge in [-0.15, -0.1) is 0 Å². The first-order valence-electron chi connectivity index (χ1n) is 9.35. The summed E-state index contributed by atoms with van der Waals surface area (Å²) in [6.45, 7) is 0. The molecule has 1 aromatic rings. The standard InChI is InChI=1S/C21H18INO12/c1-31-16(24)13-12(10-7-6-9(23(29)30)8-11(10)22)14(17(25)32-2)21(19(27)34-4,20(28)35-5)15(13)18(26)33-3/h6-8H,1-5H3. The Kier molecular flexibility index (Phi) is 8.33. The minimum absolute atomic E-state index is 0.0342. The van der Waals surface area contributed by atoms with Gasteiger partial charge < -0.3 is 23.7 Å². The molecule has 0 aromatic heterocycles. The zero-order valence-electron chi connectivity index (χ0n) is 19.0. The first-order valence-corrected chi connectivity index (χ1v) is 10.4. The summed E-state index contributed by atoms with van der Waals surface area (Å²) in [6.07, 6.45) is 0. The van der Waals surface area contributed by atoms with Gasteiger partial charge in [-0.1, -0.05) is 0 Å². The molecule has 0 amide bonds. The number of esters is 5. The SMILES string of the molecule is COC(=O)C1=C(C(=O)OC)C(C(=O)OC)(C(=O)OC)C(C(=O)OC)=C1c1ccc([N+](=O)[O-])cc1I. The highest BCUT2D eigenvalue weighted by molar-refractivity contribution is 14.1. The van der Waals surface area contributed by atoms with Gasteiger partial charge in [0.1, 0.15) is 0 Å². The van der Waals surface area contributed by atoms with E-state index in [0.717, 1.165) is 47.7 Å². The summed E-state index contributed by atoms with van der Waals surface area (Å²) in [5.74, 6) is -6.80. The Morgan fingerprint density at radius 3 is 1.69 bits per heavy atom. The highest BCUT2D eigenvalue weighted by Crippen LogP contribution is 2.54. The van der Waals surface area contributed by atoms with E-state index < -0.39 is 62.5 Å². The Morgan fingerprint density at radius 1 is 0.800 bits per heavy atom. The number of carbonyl (C=O) groups excluding carboxylic acids is 5. The molecule has 0 heterocycles. The van der Waals surface area contributed by atoms with Crippen LogP contribution in [0, 0.1) is 19.1 Å². The minimum Gasteiger partial charge on any atom is -0.468 e. The van der Waals surface area contributed by atoms with Crippen molar-refractivity contribution in [2.24, 2.45) is 5.41 Å². The number of halogens is 1. The van der Waals surface area contributed by atoms with Crippen molar-refractivity contribution in [2.75, 3.05) is 35.5 Å². The molecule has 0 radical (unpaired) electrons. The Labute approximate surface area is 211 Å². The fourth-order valence-electron chi connectivity index (χ4n) is 3.66. The normalized spacial score (nSPS) is 14.2. The smallest absolute Gasteiger partial charge is 0.339 e. The van der Waals surface area contributed by atoms with Gasteiger partial charge in [0, 0.05) is 21.3 Å². The lowest BCUT2D eigenvalue weighted by Crippen LogP contribution is -2.47.